The van der Waals surface area contributed by atoms with Gasteiger partial charge in [0.15, 0.2) is 5.69 Å². The fourth-order valence-corrected chi connectivity index (χ4v) is 5.17. The molecule has 4 aliphatic rings. The summed E-state index contributed by atoms with van der Waals surface area (Å²) < 4.78 is 0. The highest BCUT2D eigenvalue weighted by molar-refractivity contribution is 5.87. The fraction of sp³-hybridized carbons (Fsp3) is 0.714. The lowest BCUT2D eigenvalue weighted by molar-refractivity contribution is -0.00915. The lowest BCUT2D eigenvalue weighted by Gasteiger charge is -2.55. The number of aromatic hydroxyl groups is 1. The number of nitrogens with zero attached hydrogens (tertiary/aromatic N) is 1. The quantitative estimate of drug-likeness (QED) is 0.763. The molecule has 4 saturated carbocycles. The Bertz CT molecular complexity index is 514. The summed E-state index contributed by atoms with van der Waals surface area (Å²) in [7, 11) is 0. The summed E-state index contributed by atoms with van der Waals surface area (Å²) in [6, 6.07) is 0. The summed E-state index contributed by atoms with van der Waals surface area (Å²) in [5.74, 6) is 1.52. The van der Waals surface area contributed by atoms with Gasteiger partial charge in [-0.15, -0.1) is 0 Å². The van der Waals surface area contributed by atoms with Crippen LogP contribution in [-0.4, -0.2) is 26.2 Å². The minimum Gasteiger partial charge on any atom is -0.492 e. The summed E-state index contributed by atoms with van der Waals surface area (Å²) >= 11 is 0. The van der Waals surface area contributed by atoms with Gasteiger partial charge in [-0.1, -0.05) is 0 Å². The van der Waals surface area contributed by atoms with Crippen molar-refractivity contribution in [3.63, 3.8) is 0 Å². The van der Waals surface area contributed by atoms with Gasteiger partial charge in [0.2, 0.25) is 5.88 Å². The number of carboxylic acids is 1. The topological polar surface area (TPSA) is 86.2 Å². The monoisotopic (exact) mass is 262 g/mol. The zero-order valence-electron chi connectivity index (χ0n) is 10.7. The van der Waals surface area contributed by atoms with Gasteiger partial charge in [-0.2, -0.15) is 4.98 Å². The maximum absolute atomic E-state index is 11.0. The predicted molar refractivity (Wildman–Crippen MR) is 67.1 cm³/mol. The Balaban J connectivity index is 1.75. The van der Waals surface area contributed by atoms with Crippen LogP contribution in [0.15, 0.2) is 0 Å². The minimum atomic E-state index is -1.14. The van der Waals surface area contributed by atoms with Gasteiger partial charge in [0.25, 0.3) is 0 Å². The molecule has 0 unspecified atom stereocenters. The number of imidazole rings is 1. The molecular weight excluding hydrogens is 244 g/mol. The third kappa shape index (κ3) is 1.53. The number of H-pyrrole nitrogens is 1. The molecule has 4 bridgehead atoms. The van der Waals surface area contributed by atoms with E-state index in [9.17, 15) is 9.90 Å². The Hall–Kier alpha value is -1.52. The van der Waals surface area contributed by atoms with E-state index in [2.05, 4.69) is 9.97 Å². The zero-order chi connectivity index (χ0) is 13.2. The highest BCUT2D eigenvalue weighted by Gasteiger charge is 2.53. The number of aromatic nitrogens is 2. The lowest BCUT2D eigenvalue weighted by atomic mass is 9.49. The largest absolute Gasteiger partial charge is 0.492 e. The summed E-state index contributed by atoms with van der Waals surface area (Å²) in [6.07, 6.45) is 7.30. The van der Waals surface area contributed by atoms with Gasteiger partial charge in [-0.25, -0.2) is 4.79 Å². The first-order valence-electron chi connectivity index (χ1n) is 7.08. The van der Waals surface area contributed by atoms with Gasteiger partial charge in [0.1, 0.15) is 5.82 Å². The van der Waals surface area contributed by atoms with Gasteiger partial charge < -0.3 is 15.2 Å². The first kappa shape index (κ1) is 11.3. The Morgan fingerprint density at radius 2 is 1.68 bits per heavy atom. The minimum absolute atomic E-state index is 0.0000694. The molecule has 0 radical (unpaired) electrons. The number of aromatic amines is 1. The number of rotatable bonds is 2. The molecule has 0 spiro atoms. The van der Waals surface area contributed by atoms with E-state index in [1.807, 2.05) is 0 Å². The van der Waals surface area contributed by atoms with Crippen molar-refractivity contribution in [1.82, 2.24) is 9.97 Å². The van der Waals surface area contributed by atoms with Gasteiger partial charge in [-0.3, -0.25) is 0 Å². The molecule has 5 heteroatoms. The van der Waals surface area contributed by atoms with Crippen LogP contribution in [0, 0.1) is 17.8 Å². The van der Waals surface area contributed by atoms with Crippen molar-refractivity contribution < 1.29 is 15.0 Å². The van der Waals surface area contributed by atoms with Crippen molar-refractivity contribution in [1.29, 1.82) is 0 Å². The number of carboxylic acid groups (broad SMARTS) is 1. The summed E-state index contributed by atoms with van der Waals surface area (Å²) in [5.41, 5.74) is -0.161. The van der Waals surface area contributed by atoms with Gasteiger partial charge in [-0.05, 0) is 56.3 Å². The maximum Gasteiger partial charge on any atom is 0.358 e. The molecule has 0 saturated heterocycles. The van der Waals surface area contributed by atoms with E-state index in [0.717, 1.165) is 37.0 Å². The molecule has 1 aromatic rings. The van der Waals surface area contributed by atoms with E-state index in [1.54, 1.807) is 0 Å². The SMILES string of the molecule is O=C(O)c1[nH]c(C23CC4CC(CC(C4)C2)C3)nc1O. The van der Waals surface area contributed by atoms with E-state index in [-0.39, 0.29) is 17.0 Å². The number of hydrogen-bond acceptors (Lipinski definition) is 3. The van der Waals surface area contributed by atoms with E-state index in [0.29, 0.717) is 5.82 Å². The molecule has 0 amide bonds. The molecule has 102 valence electrons. The van der Waals surface area contributed by atoms with Crippen molar-refractivity contribution in [3.8, 4) is 5.88 Å². The molecular formula is C14H18N2O3. The van der Waals surface area contributed by atoms with Crippen LogP contribution in [0.25, 0.3) is 0 Å². The molecule has 0 aliphatic heterocycles. The molecule has 5 nitrogen and oxygen atoms in total. The van der Waals surface area contributed by atoms with Crippen LogP contribution in [0.1, 0.15) is 54.8 Å². The Morgan fingerprint density at radius 3 is 2.11 bits per heavy atom. The van der Waals surface area contributed by atoms with Crippen LogP contribution < -0.4 is 0 Å². The smallest absolute Gasteiger partial charge is 0.358 e. The van der Waals surface area contributed by atoms with Crippen molar-refractivity contribution in [3.05, 3.63) is 11.5 Å². The van der Waals surface area contributed by atoms with Crippen molar-refractivity contribution in [2.24, 2.45) is 17.8 Å². The molecule has 3 N–H and O–H groups in total. The van der Waals surface area contributed by atoms with Crippen LogP contribution >= 0.6 is 0 Å². The molecule has 19 heavy (non-hydrogen) atoms. The van der Waals surface area contributed by atoms with E-state index in [1.165, 1.54) is 19.3 Å². The Morgan fingerprint density at radius 1 is 1.16 bits per heavy atom. The number of hydrogen-bond donors (Lipinski definition) is 3. The van der Waals surface area contributed by atoms with Gasteiger partial charge in [0.05, 0.1) is 0 Å². The highest BCUT2D eigenvalue weighted by Crippen LogP contribution is 2.60. The third-order valence-electron chi connectivity index (χ3n) is 5.44. The highest BCUT2D eigenvalue weighted by atomic mass is 16.4. The third-order valence-corrected chi connectivity index (χ3v) is 5.44. The van der Waals surface area contributed by atoms with Crippen LogP contribution in [-0.2, 0) is 5.41 Å². The number of carbonyl (C=O) groups is 1. The average molecular weight is 262 g/mol. The lowest BCUT2D eigenvalue weighted by Crippen LogP contribution is -2.49. The number of aromatic carboxylic acids is 1. The summed E-state index contributed by atoms with van der Waals surface area (Å²) in [4.78, 5) is 18.0. The van der Waals surface area contributed by atoms with E-state index < -0.39 is 5.97 Å². The van der Waals surface area contributed by atoms with Gasteiger partial charge in [0, 0.05) is 5.41 Å². The van der Waals surface area contributed by atoms with Crippen LogP contribution in [0.5, 0.6) is 5.88 Å². The summed E-state index contributed by atoms with van der Waals surface area (Å²) in [6.45, 7) is 0. The molecule has 4 fully saturated rings. The molecule has 1 aromatic heterocycles. The second kappa shape index (κ2) is 3.52. The second-order valence-electron chi connectivity index (χ2n) is 6.79. The normalized spacial score (nSPS) is 39.7. The van der Waals surface area contributed by atoms with Crippen molar-refractivity contribution >= 4 is 5.97 Å². The van der Waals surface area contributed by atoms with Crippen molar-refractivity contribution in [2.75, 3.05) is 0 Å². The fourth-order valence-electron chi connectivity index (χ4n) is 5.17. The van der Waals surface area contributed by atoms with E-state index in [4.69, 9.17) is 5.11 Å². The second-order valence-corrected chi connectivity index (χ2v) is 6.79. The van der Waals surface area contributed by atoms with Crippen molar-refractivity contribution in [2.45, 2.75) is 43.9 Å². The Kier molecular flexibility index (Phi) is 2.10. The maximum atomic E-state index is 11.0. The summed E-state index contributed by atoms with van der Waals surface area (Å²) in [5, 5.41) is 18.7. The standard InChI is InChI=1S/C14H18N2O3/c17-11-10(12(18)19)15-13(16-11)14-4-7-1-8(5-14)3-9(2-7)6-14/h7-9,17H,1-6H2,(H,15,16)(H,18,19). The number of nitrogens with one attached hydrogen (secondary N) is 1. The molecule has 1 heterocycles. The first-order chi connectivity index (χ1) is 9.06. The molecule has 5 rings (SSSR count). The van der Waals surface area contributed by atoms with Gasteiger partial charge >= 0.3 is 5.97 Å². The molecule has 0 atom stereocenters. The molecule has 0 aromatic carbocycles. The average Bonchev–Trinajstić information content (AvgIpc) is 2.70. The van der Waals surface area contributed by atoms with Crippen LogP contribution in [0.3, 0.4) is 0 Å². The predicted octanol–water partition coefficient (Wildman–Crippen LogP) is 2.28. The van der Waals surface area contributed by atoms with E-state index >= 15 is 0 Å². The van der Waals surface area contributed by atoms with Crippen LogP contribution in [0.2, 0.25) is 0 Å². The Labute approximate surface area is 111 Å². The van der Waals surface area contributed by atoms with Crippen LogP contribution in [0.4, 0.5) is 0 Å². The first-order valence-corrected chi connectivity index (χ1v) is 7.08. The molecule has 4 aliphatic carbocycles. The zero-order valence-corrected chi connectivity index (χ0v) is 10.7.